The van der Waals surface area contributed by atoms with Gasteiger partial charge in [0.25, 0.3) is 5.91 Å². The monoisotopic (exact) mass is 381 g/mol. The van der Waals surface area contributed by atoms with Crippen LogP contribution in [0.3, 0.4) is 0 Å². The number of hydrogen-bond donors (Lipinski definition) is 3. The number of carbonyl (C=O) groups is 1. The van der Waals surface area contributed by atoms with Crippen molar-refractivity contribution in [3.8, 4) is 0 Å². The summed E-state index contributed by atoms with van der Waals surface area (Å²) in [7, 11) is 0. The number of anilines is 1. The van der Waals surface area contributed by atoms with Crippen molar-refractivity contribution in [1.29, 1.82) is 5.41 Å². The third-order valence-corrected chi connectivity index (χ3v) is 4.82. The lowest BCUT2D eigenvalue weighted by molar-refractivity contribution is -0.113. The fourth-order valence-corrected chi connectivity index (χ4v) is 3.53. The van der Waals surface area contributed by atoms with Crippen molar-refractivity contribution in [3.63, 3.8) is 0 Å². The molecule has 6 heteroatoms. The van der Waals surface area contributed by atoms with Gasteiger partial charge in [-0.3, -0.25) is 10.2 Å². The first-order chi connectivity index (χ1) is 12.5. The minimum atomic E-state index is -0.557. The number of thiocarbonyl (C=S) groups is 1. The summed E-state index contributed by atoms with van der Waals surface area (Å²) in [5.41, 5.74) is 2.91. The second kappa shape index (κ2) is 7.67. The van der Waals surface area contributed by atoms with Gasteiger partial charge in [0.05, 0.1) is 11.5 Å². The number of halogens is 1. The smallest absolute Gasteiger partial charge is 0.254 e. The predicted octanol–water partition coefficient (Wildman–Crippen LogP) is 4.44. The van der Waals surface area contributed by atoms with Crippen LogP contribution < -0.4 is 10.6 Å². The Kier molecular flexibility index (Phi) is 5.33. The average Bonchev–Trinajstić information content (AvgIpc) is 2.62. The van der Waals surface area contributed by atoms with Crippen LogP contribution in [0.2, 0.25) is 5.02 Å². The molecule has 130 valence electrons. The molecule has 1 atom stereocenters. The molecule has 0 bridgehead atoms. The van der Waals surface area contributed by atoms with Gasteiger partial charge in [-0.05, 0) is 36.6 Å². The molecule has 2 aromatic carbocycles. The summed E-state index contributed by atoms with van der Waals surface area (Å²) >= 11 is 11.7. The highest BCUT2D eigenvalue weighted by Crippen LogP contribution is 2.39. The first-order valence-corrected chi connectivity index (χ1v) is 8.74. The largest absolute Gasteiger partial charge is 0.349 e. The van der Waals surface area contributed by atoms with Crippen LogP contribution in [-0.2, 0) is 4.79 Å². The molecule has 0 fully saturated rings. The molecule has 1 unspecified atom stereocenters. The fourth-order valence-electron chi connectivity index (χ4n) is 2.97. The number of nitrogens with one attached hydrogen (secondary N) is 3. The Labute approximate surface area is 162 Å². The van der Waals surface area contributed by atoms with Crippen LogP contribution in [0.5, 0.6) is 0 Å². The lowest BCUT2D eigenvalue weighted by atomic mass is 9.81. The van der Waals surface area contributed by atoms with Crippen LogP contribution in [0, 0.1) is 5.41 Å². The molecule has 26 heavy (non-hydrogen) atoms. The van der Waals surface area contributed by atoms with Crippen molar-refractivity contribution in [2.75, 3.05) is 5.32 Å². The molecule has 2 aromatic rings. The fraction of sp³-hybridized carbons (Fsp3) is 0.100. The number of benzene rings is 2. The lowest BCUT2D eigenvalue weighted by Crippen LogP contribution is -2.37. The van der Waals surface area contributed by atoms with Crippen molar-refractivity contribution < 1.29 is 4.79 Å². The molecule has 1 aliphatic heterocycles. The summed E-state index contributed by atoms with van der Waals surface area (Å²) in [5, 5.41) is 14.1. The van der Waals surface area contributed by atoms with Gasteiger partial charge in [-0.1, -0.05) is 60.2 Å². The Bertz CT molecular complexity index is 962. The number of para-hydroxylation sites is 1. The first-order valence-electron chi connectivity index (χ1n) is 7.95. The van der Waals surface area contributed by atoms with E-state index in [2.05, 4.69) is 16.5 Å². The molecular formula is C20H16ClN3OS. The Morgan fingerprint density at radius 3 is 2.50 bits per heavy atom. The second-order valence-corrected chi connectivity index (χ2v) is 6.62. The third-order valence-electron chi connectivity index (χ3n) is 4.15. The minimum Gasteiger partial charge on any atom is -0.349 e. The van der Waals surface area contributed by atoms with Gasteiger partial charge >= 0.3 is 0 Å². The predicted molar refractivity (Wildman–Crippen MR) is 109 cm³/mol. The second-order valence-electron chi connectivity index (χ2n) is 5.81. The van der Waals surface area contributed by atoms with Gasteiger partial charge in [-0.15, -0.1) is 0 Å². The molecular weight excluding hydrogens is 366 g/mol. The van der Waals surface area contributed by atoms with E-state index in [-0.39, 0.29) is 5.91 Å². The zero-order valence-corrected chi connectivity index (χ0v) is 15.5. The Morgan fingerprint density at radius 1 is 1.19 bits per heavy atom. The Balaban J connectivity index is 2.11. The van der Waals surface area contributed by atoms with E-state index in [1.54, 1.807) is 13.0 Å². The van der Waals surface area contributed by atoms with Crippen LogP contribution in [0.4, 0.5) is 5.69 Å². The van der Waals surface area contributed by atoms with Crippen molar-refractivity contribution in [2.24, 2.45) is 0 Å². The van der Waals surface area contributed by atoms with E-state index in [9.17, 15) is 4.79 Å². The van der Waals surface area contributed by atoms with Crippen LogP contribution in [0.1, 0.15) is 18.4 Å². The van der Waals surface area contributed by atoms with Gasteiger partial charge in [-0.25, -0.2) is 0 Å². The summed E-state index contributed by atoms with van der Waals surface area (Å²) in [4.78, 5) is 13.4. The highest BCUT2D eigenvalue weighted by Gasteiger charge is 2.35. The SMILES string of the molecule is CC1=C(C(=O)Nc2ccccc2)C(c2ccccc2Cl)C(=C=N)C(=S)N1. The molecule has 3 N–H and O–H groups in total. The zero-order chi connectivity index (χ0) is 18.7. The van der Waals surface area contributed by atoms with E-state index in [0.717, 1.165) is 0 Å². The lowest BCUT2D eigenvalue weighted by Gasteiger charge is -2.30. The maximum Gasteiger partial charge on any atom is 0.254 e. The van der Waals surface area contributed by atoms with Crippen LogP contribution in [0.25, 0.3) is 0 Å². The summed E-state index contributed by atoms with van der Waals surface area (Å²) in [5.74, 6) is 1.56. The normalized spacial score (nSPS) is 16.8. The quantitative estimate of drug-likeness (QED) is 0.418. The molecule has 1 heterocycles. The van der Waals surface area contributed by atoms with Gasteiger partial charge in [0.1, 0.15) is 4.99 Å². The van der Waals surface area contributed by atoms with Crippen molar-refractivity contribution in [1.82, 2.24) is 5.32 Å². The summed E-state index contributed by atoms with van der Waals surface area (Å²) < 4.78 is 0. The van der Waals surface area contributed by atoms with E-state index in [4.69, 9.17) is 29.2 Å². The molecule has 1 amide bonds. The van der Waals surface area contributed by atoms with Gasteiger partial charge in [0, 0.05) is 22.0 Å². The van der Waals surface area contributed by atoms with Gasteiger partial charge in [-0.2, -0.15) is 0 Å². The van der Waals surface area contributed by atoms with E-state index >= 15 is 0 Å². The number of amides is 1. The average molecular weight is 382 g/mol. The Morgan fingerprint density at radius 2 is 1.85 bits per heavy atom. The van der Waals surface area contributed by atoms with Crippen molar-refractivity contribution in [2.45, 2.75) is 12.8 Å². The number of hydrogen-bond acceptors (Lipinski definition) is 3. The molecule has 0 aliphatic carbocycles. The summed E-state index contributed by atoms with van der Waals surface area (Å²) in [6, 6.07) is 16.4. The molecule has 0 saturated carbocycles. The molecule has 0 saturated heterocycles. The maximum absolute atomic E-state index is 13.0. The first kappa shape index (κ1) is 18.1. The van der Waals surface area contributed by atoms with Crippen molar-refractivity contribution >= 4 is 46.3 Å². The molecule has 4 nitrogen and oxygen atoms in total. The number of allylic oxidation sites excluding steroid dienone is 1. The van der Waals surface area contributed by atoms with E-state index < -0.39 is 5.92 Å². The molecule has 1 aliphatic rings. The number of rotatable bonds is 3. The van der Waals surface area contributed by atoms with Crippen LogP contribution >= 0.6 is 23.8 Å². The van der Waals surface area contributed by atoms with Gasteiger partial charge in [0.2, 0.25) is 0 Å². The third kappa shape index (κ3) is 3.46. The van der Waals surface area contributed by atoms with E-state index in [1.807, 2.05) is 48.5 Å². The molecule has 0 spiro atoms. The maximum atomic E-state index is 13.0. The van der Waals surface area contributed by atoms with Crippen LogP contribution in [0.15, 0.2) is 71.4 Å². The summed E-state index contributed by atoms with van der Waals surface area (Å²) in [6.07, 6.45) is 0. The topological polar surface area (TPSA) is 65.0 Å². The number of carbonyl (C=O) groups excluding carboxylic acids is 1. The van der Waals surface area contributed by atoms with E-state index in [1.165, 1.54) is 0 Å². The molecule has 3 rings (SSSR count). The summed E-state index contributed by atoms with van der Waals surface area (Å²) in [6.45, 7) is 1.79. The minimum absolute atomic E-state index is 0.277. The van der Waals surface area contributed by atoms with Crippen LogP contribution in [-0.4, -0.2) is 16.8 Å². The highest BCUT2D eigenvalue weighted by molar-refractivity contribution is 7.80. The standard InChI is InChI=1S/C20H16ClN3OS/c1-12-17(19(25)24-13-7-3-2-4-8-13)18(15(11-22)20(26)23-12)14-9-5-6-10-16(14)21/h2-10,18,22H,1H3,(H,23,26)(H,24,25). The highest BCUT2D eigenvalue weighted by atomic mass is 35.5. The molecule has 0 aromatic heterocycles. The van der Waals surface area contributed by atoms with Gasteiger partial charge in [0.15, 0.2) is 0 Å². The Hall–Kier alpha value is -2.72. The molecule has 0 radical (unpaired) electrons. The zero-order valence-electron chi connectivity index (χ0n) is 14.0. The van der Waals surface area contributed by atoms with Crippen molar-refractivity contribution in [3.05, 3.63) is 82.0 Å². The van der Waals surface area contributed by atoms with E-state index in [0.29, 0.717) is 38.1 Å². The van der Waals surface area contributed by atoms with Gasteiger partial charge < -0.3 is 10.6 Å².